The van der Waals surface area contributed by atoms with Crippen molar-refractivity contribution in [1.29, 1.82) is 0 Å². The molecule has 0 aliphatic rings. The zero-order valence-corrected chi connectivity index (χ0v) is 11.2. The Kier molecular flexibility index (Phi) is 6.41. The summed E-state index contributed by atoms with van der Waals surface area (Å²) in [5, 5.41) is 0. The highest BCUT2D eigenvalue weighted by Crippen LogP contribution is 2.15. The second-order valence-electron chi connectivity index (χ2n) is 5.22. The maximum Gasteiger partial charge on any atom is 0.540 e. The molecule has 0 N–H and O–H groups in total. The van der Waals surface area contributed by atoms with Crippen LogP contribution in [0, 0.1) is 5.92 Å². The summed E-state index contributed by atoms with van der Waals surface area (Å²) in [5.41, 5.74) is -0.517. The van der Waals surface area contributed by atoms with E-state index in [1.54, 1.807) is 20.8 Å². The van der Waals surface area contributed by atoms with Gasteiger partial charge in [0.2, 0.25) is 0 Å². The quantitative estimate of drug-likeness (QED) is 0.412. The second kappa shape index (κ2) is 6.74. The molecule has 0 aromatic carbocycles. The van der Waals surface area contributed by atoms with Gasteiger partial charge in [-0.2, -0.15) is 4.89 Å². The molecule has 0 aromatic rings. The lowest BCUT2D eigenvalue weighted by Gasteiger charge is -2.21. The lowest BCUT2D eigenvalue weighted by atomic mass is 10.0. The van der Waals surface area contributed by atoms with E-state index in [1.165, 1.54) is 0 Å². The molecule has 0 radical (unpaired) electrons. The van der Waals surface area contributed by atoms with Crippen LogP contribution in [0.5, 0.6) is 0 Å². The highest BCUT2D eigenvalue weighted by molar-refractivity contribution is 5.59. The van der Waals surface area contributed by atoms with Gasteiger partial charge in [-0.1, -0.05) is 27.2 Å². The molecule has 0 saturated carbocycles. The van der Waals surface area contributed by atoms with Crippen molar-refractivity contribution in [2.24, 2.45) is 5.92 Å². The summed E-state index contributed by atoms with van der Waals surface area (Å²) in [5.74, 6) is 0.280. The first kappa shape index (κ1) is 15.2. The largest absolute Gasteiger partial charge is 0.540 e. The maximum atomic E-state index is 11.3. The van der Waals surface area contributed by atoms with E-state index in [-0.39, 0.29) is 12.0 Å². The molecule has 1 atom stereocenters. The number of hydrogen-bond donors (Lipinski definition) is 0. The van der Waals surface area contributed by atoms with E-state index >= 15 is 0 Å². The van der Waals surface area contributed by atoms with E-state index in [2.05, 4.69) is 11.8 Å². The fourth-order valence-electron chi connectivity index (χ4n) is 1.12. The highest BCUT2D eigenvalue weighted by Gasteiger charge is 2.21. The second-order valence-corrected chi connectivity index (χ2v) is 5.22. The van der Waals surface area contributed by atoms with Crippen LogP contribution in [0.1, 0.15) is 54.4 Å². The van der Waals surface area contributed by atoms with Crippen LogP contribution in [0.2, 0.25) is 0 Å². The van der Waals surface area contributed by atoms with Crippen molar-refractivity contribution in [3.63, 3.8) is 0 Å². The molecule has 0 heterocycles. The molecule has 0 amide bonds. The van der Waals surface area contributed by atoms with E-state index < -0.39 is 11.8 Å². The minimum atomic E-state index is -0.762. The molecule has 16 heavy (non-hydrogen) atoms. The van der Waals surface area contributed by atoms with E-state index in [1.807, 2.05) is 13.8 Å². The van der Waals surface area contributed by atoms with Gasteiger partial charge >= 0.3 is 6.16 Å². The molecule has 4 heteroatoms. The van der Waals surface area contributed by atoms with Gasteiger partial charge in [0.25, 0.3) is 0 Å². The van der Waals surface area contributed by atoms with Crippen molar-refractivity contribution in [2.75, 3.05) is 0 Å². The van der Waals surface area contributed by atoms with Gasteiger partial charge in [-0.05, 0) is 33.1 Å². The normalized spacial score (nSPS) is 13.7. The Labute approximate surface area is 98.2 Å². The van der Waals surface area contributed by atoms with Crippen LogP contribution in [0.25, 0.3) is 0 Å². The number of rotatable bonds is 5. The monoisotopic (exact) mass is 232 g/mol. The standard InChI is InChI=1S/C12H24O4/c1-7-8-10(9(2)3)14-11(13)15-16-12(4,5)6/h9-10H,7-8H2,1-6H3. The van der Waals surface area contributed by atoms with Crippen LogP contribution >= 0.6 is 0 Å². The van der Waals surface area contributed by atoms with Crippen LogP contribution in [-0.2, 0) is 14.5 Å². The molecule has 0 spiro atoms. The minimum absolute atomic E-state index is 0.110. The minimum Gasteiger partial charge on any atom is -0.429 e. The molecule has 0 fully saturated rings. The topological polar surface area (TPSA) is 44.8 Å². The first-order chi connectivity index (χ1) is 7.26. The van der Waals surface area contributed by atoms with Crippen LogP contribution < -0.4 is 0 Å². The lowest BCUT2D eigenvalue weighted by Crippen LogP contribution is -2.27. The smallest absolute Gasteiger partial charge is 0.429 e. The molecule has 0 bridgehead atoms. The Morgan fingerprint density at radius 3 is 2.19 bits per heavy atom. The first-order valence-corrected chi connectivity index (χ1v) is 5.82. The van der Waals surface area contributed by atoms with Crippen molar-refractivity contribution in [3.05, 3.63) is 0 Å². The van der Waals surface area contributed by atoms with Crippen LogP contribution in [-0.4, -0.2) is 17.9 Å². The van der Waals surface area contributed by atoms with Gasteiger partial charge in [0.15, 0.2) is 0 Å². The third-order valence-corrected chi connectivity index (χ3v) is 1.92. The summed E-state index contributed by atoms with van der Waals surface area (Å²) >= 11 is 0. The molecule has 0 aliphatic heterocycles. The maximum absolute atomic E-state index is 11.3. The van der Waals surface area contributed by atoms with Gasteiger partial charge in [0.1, 0.15) is 11.7 Å². The molecule has 4 nitrogen and oxygen atoms in total. The number of carbonyl (C=O) groups excluding carboxylic acids is 1. The van der Waals surface area contributed by atoms with Crippen molar-refractivity contribution in [1.82, 2.24) is 0 Å². The number of carbonyl (C=O) groups is 1. The van der Waals surface area contributed by atoms with Gasteiger partial charge in [0.05, 0.1) is 0 Å². The van der Waals surface area contributed by atoms with E-state index in [0.29, 0.717) is 0 Å². The summed E-state index contributed by atoms with van der Waals surface area (Å²) in [4.78, 5) is 20.8. The lowest BCUT2D eigenvalue weighted by molar-refractivity contribution is -0.314. The number of hydrogen-bond acceptors (Lipinski definition) is 4. The van der Waals surface area contributed by atoms with E-state index in [4.69, 9.17) is 9.62 Å². The molecular formula is C12H24O4. The van der Waals surface area contributed by atoms with Gasteiger partial charge < -0.3 is 4.74 Å². The third kappa shape index (κ3) is 7.51. The Hall–Kier alpha value is -0.770. The predicted molar refractivity (Wildman–Crippen MR) is 61.9 cm³/mol. The van der Waals surface area contributed by atoms with Crippen LogP contribution in [0.15, 0.2) is 0 Å². The number of ether oxygens (including phenoxy) is 1. The van der Waals surface area contributed by atoms with Crippen molar-refractivity contribution in [2.45, 2.75) is 66.1 Å². The molecule has 1 unspecified atom stereocenters. The summed E-state index contributed by atoms with van der Waals surface area (Å²) in [6, 6.07) is 0. The van der Waals surface area contributed by atoms with Crippen LogP contribution in [0.4, 0.5) is 4.79 Å². The molecule has 96 valence electrons. The van der Waals surface area contributed by atoms with Crippen LogP contribution in [0.3, 0.4) is 0 Å². The Morgan fingerprint density at radius 2 is 1.81 bits per heavy atom. The van der Waals surface area contributed by atoms with Gasteiger partial charge in [0, 0.05) is 0 Å². The summed E-state index contributed by atoms with van der Waals surface area (Å²) in [7, 11) is 0. The highest BCUT2D eigenvalue weighted by atomic mass is 17.2. The average Bonchev–Trinajstić information content (AvgIpc) is 2.13. The Morgan fingerprint density at radius 1 is 1.25 bits per heavy atom. The van der Waals surface area contributed by atoms with Crippen molar-refractivity contribution in [3.8, 4) is 0 Å². The fourth-order valence-corrected chi connectivity index (χ4v) is 1.12. The Bertz CT molecular complexity index is 206. The summed E-state index contributed by atoms with van der Waals surface area (Å²) in [6.45, 7) is 11.5. The van der Waals surface area contributed by atoms with Crippen molar-refractivity contribution >= 4 is 6.16 Å². The van der Waals surface area contributed by atoms with Gasteiger partial charge in [-0.25, -0.2) is 4.79 Å². The molecular weight excluding hydrogens is 208 g/mol. The fraction of sp³-hybridized carbons (Fsp3) is 0.917. The molecule has 0 aromatic heterocycles. The molecule has 0 rings (SSSR count). The third-order valence-electron chi connectivity index (χ3n) is 1.92. The molecule has 0 saturated heterocycles. The zero-order chi connectivity index (χ0) is 12.8. The summed E-state index contributed by atoms with van der Waals surface area (Å²) < 4.78 is 5.16. The SMILES string of the molecule is CCCC(OC(=O)OOC(C)(C)C)C(C)C. The Balaban J connectivity index is 4.00. The van der Waals surface area contributed by atoms with Crippen molar-refractivity contribution < 1.29 is 19.3 Å². The van der Waals surface area contributed by atoms with E-state index in [0.717, 1.165) is 12.8 Å². The zero-order valence-electron chi connectivity index (χ0n) is 11.2. The summed E-state index contributed by atoms with van der Waals surface area (Å²) in [6.07, 6.45) is 0.932. The first-order valence-electron chi connectivity index (χ1n) is 5.82. The van der Waals surface area contributed by atoms with E-state index in [9.17, 15) is 4.79 Å². The van der Waals surface area contributed by atoms with Gasteiger partial charge in [-0.3, -0.25) is 4.89 Å². The molecule has 0 aliphatic carbocycles. The predicted octanol–water partition coefficient (Wildman–Crippen LogP) is 3.69. The van der Waals surface area contributed by atoms with Gasteiger partial charge in [-0.15, -0.1) is 0 Å². The average molecular weight is 232 g/mol.